The van der Waals surface area contributed by atoms with E-state index in [1.165, 1.54) is 6.26 Å². The first-order chi connectivity index (χ1) is 7.72. The maximum Gasteiger partial charge on any atom is 0.276 e. The smallest absolute Gasteiger partial charge is 0.276 e. The Balaban J connectivity index is 2.03. The summed E-state index contributed by atoms with van der Waals surface area (Å²) in [5.74, 6) is 0.0590. The van der Waals surface area contributed by atoms with E-state index in [-0.39, 0.29) is 17.9 Å². The van der Waals surface area contributed by atoms with E-state index in [1.54, 1.807) is 11.0 Å². The first-order valence-corrected chi connectivity index (χ1v) is 5.60. The van der Waals surface area contributed by atoms with Crippen molar-refractivity contribution in [3.05, 3.63) is 18.0 Å². The highest BCUT2D eigenvalue weighted by atomic mass is 16.5. The van der Waals surface area contributed by atoms with Gasteiger partial charge in [-0.05, 0) is 12.8 Å². The summed E-state index contributed by atoms with van der Waals surface area (Å²) in [5.41, 5.74) is 0.339. The van der Waals surface area contributed by atoms with Crippen LogP contribution in [0, 0.1) is 5.92 Å². The number of carbonyl (C=O) groups excluding carboxylic acids is 1. The highest BCUT2D eigenvalue weighted by Crippen LogP contribution is 2.21. The molecule has 5 nitrogen and oxygen atoms in total. The molecule has 1 fully saturated rings. The molecule has 0 radical (unpaired) electrons. The Morgan fingerprint density at radius 1 is 1.75 bits per heavy atom. The summed E-state index contributed by atoms with van der Waals surface area (Å²) in [6.07, 6.45) is 2.63. The fraction of sp³-hybridized carbons (Fsp3) is 0.636. The van der Waals surface area contributed by atoms with Gasteiger partial charge in [-0.15, -0.1) is 0 Å². The lowest BCUT2D eigenvalue weighted by atomic mass is 9.92. The molecule has 2 rings (SSSR count). The average Bonchev–Trinajstić information content (AvgIpc) is 2.82. The summed E-state index contributed by atoms with van der Waals surface area (Å²) in [6, 6.07) is 1.56. The Morgan fingerprint density at radius 2 is 2.56 bits per heavy atom. The molecule has 88 valence electrons. The van der Waals surface area contributed by atoms with Gasteiger partial charge < -0.3 is 14.5 Å². The van der Waals surface area contributed by atoms with E-state index in [0.29, 0.717) is 25.2 Å². The number of aromatic nitrogens is 1. The van der Waals surface area contributed by atoms with Crippen LogP contribution in [0.4, 0.5) is 0 Å². The van der Waals surface area contributed by atoms with E-state index >= 15 is 0 Å². The van der Waals surface area contributed by atoms with Crippen molar-refractivity contribution in [1.29, 1.82) is 0 Å². The van der Waals surface area contributed by atoms with Crippen LogP contribution < -0.4 is 0 Å². The number of likely N-dealkylation sites (tertiary alicyclic amines) is 1. The lowest BCUT2D eigenvalue weighted by Gasteiger charge is -2.35. The Morgan fingerprint density at radius 3 is 3.19 bits per heavy atom. The van der Waals surface area contributed by atoms with Crippen LogP contribution in [0.15, 0.2) is 16.9 Å². The highest BCUT2D eigenvalue weighted by Gasteiger charge is 2.30. The van der Waals surface area contributed by atoms with Crippen LogP contribution in [-0.2, 0) is 0 Å². The fourth-order valence-electron chi connectivity index (χ4n) is 2.09. The van der Waals surface area contributed by atoms with E-state index in [4.69, 9.17) is 0 Å². The molecule has 0 saturated carbocycles. The van der Waals surface area contributed by atoms with Gasteiger partial charge in [-0.1, -0.05) is 12.1 Å². The minimum absolute atomic E-state index is 0.112. The van der Waals surface area contributed by atoms with Crippen molar-refractivity contribution in [2.45, 2.75) is 25.9 Å². The van der Waals surface area contributed by atoms with Crippen LogP contribution in [0.3, 0.4) is 0 Å². The molecule has 2 unspecified atom stereocenters. The van der Waals surface area contributed by atoms with Gasteiger partial charge in [0.15, 0.2) is 5.69 Å². The van der Waals surface area contributed by atoms with Crippen molar-refractivity contribution >= 4 is 5.91 Å². The first-order valence-electron chi connectivity index (χ1n) is 5.60. The molecule has 1 aliphatic rings. The quantitative estimate of drug-likeness (QED) is 0.810. The molecular weight excluding hydrogens is 208 g/mol. The third-order valence-corrected chi connectivity index (χ3v) is 3.16. The SMILES string of the molecule is CCC1CN(C(=O)c2ccon2)CCC1O. The Kier molecular flexibility index (Phi) is 3.24. The highest BCUT2D eigenvalue weighted by molar-refractivity contribution is 5.92. The Hall–Kier alpha value is -1.36. The van der Waals surface area contributed by atoms with Crippen LogP contribution in [0.25, 0.3) is 0 Å². The van der Waals surface area contributed by atoms with E-state index in [2.05, 4.69) is 9.68 Å². The molecule has 5 heteroatoms. The summed E-state index contributed by atoms with van der Waals surface area (Å²) < 4.78 is 4.65. The molecule has 2 heterocycles. The van der Waals surface area contributed by atoms with Gasteiger partial charge >= 0.3 is 0 Å². The second kappa shape index (κ2) is 4.65. The zero-order chi connectivity index (χ0) is 11.5. The monoisotopic (exact) mass is 224 g/mol. The van der Waals surface area contributed by atoms with Gasteiger partial charge in [-0.3, -0.25) is 4.79 Å². The number of aliphatic hydroxyl groups is 1. The van der Waals surface area contributed by atoms with Gasteiger partial charge in [0.05, 0.1) is 6.10 Å². The zero-order valence-corrected chi connectivity index (χ0v) is 9.30. The van der Waals surface area contributed by atoms with Crippen LogP contribution in [0.1, 0.15) is 30.3 Å². The van der Waals surface area contributed by atoms with E-state index < -0.39 is 0 Å². The first kappa shape index (κ1) is 11.1. The van der Waals surface area contributed by atoms with Gasteiger partial charge in [0.1, 0.15) is 6.26 Å². The minimum atomic E-state index is -0.286. The maximum atomic E-state index is 12.0. The van der Waals surface area contributed by atoms with Gasteiger partial charge in [0.2, 0.25) is 0 Å². The molecule has 1 N–H and O–H groups in total. The molecular formula is C11H16N2O3. The molecule has 0 spiro atoms. The van der Waals surface area contributed by atoms with E-state index in [9.17, 15) is 9.90 Å². The van der Waals surface area contributed by atoms with Crippen LogP contribution in [-0.4, -0.2) is 40.3 Å². The summed E-state index contributed by atoms with van der Waals surface area (Å²) in [5, 5.41) is 13.4. The third kappa shape index (κ3) is 2.09. The molecule has 0 bridgehead atoms. The third-order valence-electron chi connectivity index (χ3n) is 3.16. The number of hydrogen-bond acceptors (Lipinski definition) is 4. The number of nitrogens with zero attached hydrogens (tertiary/aromatic N) is 2. The summed E-state index contributed by atoms with van der Waals surface area (Å²) in [6.45, 7) is 3.21. The average molecular weight is 224 g/mol. The fourth-order valence-corrected chi connectivity index (χ4v) is 2.09. The molecule has 1 aromatic heterocycles. The van der Waals surface area contributed by atoms with Crippen molar-refractivity contribution in [3.8, 4) is 0 Å². The largest absolute Gasteiger partial charge is 0.393 e. The second-order valence-electron chi connectivity index (χ2n) is 4.16. The molecule has 1 amide bonds. The molecule has 1 saturated heterocycles. The minimum Gasteiger partial charge on any atom is -0.393 e. The molecule has 0 aliphatic carbocycles. The van der Waals surface area contributed by atoms with Crippen LogP contribution >= 0.6 is 0 Å². The second-order valence-corrected chi connectivity index (χ2v) is 4.16. The van der Waals surface area contributed by atoms with Gasteiger partial charge in [-0.25, -0.2) is 0 Å². The van der Waals surface area contributed by atoms with Crippen LogP contribution in [0.2, 0.25) is 0 Å². The maximum absolute atomic E-state index is 12.0. The lowest BCUT2D eigenvalue weighted by Crippen LogP contribution is -2.45. The molecule has 1 aliphatic heterocycles. The molecule has 16 heavy (non-hydrogen) atoms. The number of piperidine rings is 1. The number of carbonyl (C=O) groups is 1. The van der Waals surface area contributed by atoms with E-state index in [0.717, 1.165) is 6.42 Å². The van der Waals surface area contributed by atoms with Crippen molar-refractivity contribution in [1.82, 2.24) is 10.1 Å². The van der Waals surface area contributed by atoms with Crippen molar-refractivity contribution in [2.24, 2.45) is 5.92 Å². The van der Waals surface area contributed by atoms with E-state index in [1.807, 2.05) is 6.92 Å². The van der Waals surface area contributed by atoms with Gasteiger partial charge in [0.25, 0.3) is 5.91 Å². The standard InChI is InChI=1S/C11H16N2O3/c1-2-8-7-13(5-3-10(8)14)11(15)9-4-6-16-12-9/h4,6,8,10,14H,2-3,5,7H2,1H3. The molecule has 2 atom stereocenters. The van der Waals surface area contributed by atoms with Crippen molar-refractivity contribution < 1.29 is 14.4 Å². The molecule has 0 aromatic carbocycles. The number of hydrogen-bond donors (Lipinski definition) is 1. The summed E-state index contributed by atoms with van der Waals surface area (Å²) in [4.78, 5) is 13.7. The van der Waals surface area contributed by atoms with Crippen molar-refractivity contribution in [3.63, 3.8) is 0 Å². The van der Waals surface area contributed by atoms with Crippen LogP contribution in [0.5, 0.6) is 0 Å². The summed E-state index contributed by atoms with van der Waals surface area (Å²) in [7, 11) is 0. The number of aliphatic hydroxyl groups excluding tert-OH is 1. The van der Waals surface area contributed by atoms with Crippen molar-refractivity contribution in [2.75, 3.05) is 13.1 Å². The number of rotatable bonds is 2. The Labute approximate surface area is 94.0 Å². The lowest BCUT2D eigenvalue weighted by molar-refractivity contribution is 0.0224. The van der Waals surface area contributed by atoms with Gasteiger partial charge in [0, 0.05) is 25.1 Å². The zero-order valence-electron chi connectivity index (χ0n) is 9.30. The predicted octanol–water partition coefficient (Wildman–Crippen LogP) is 0.908. The molecule has 1 aromatic rings. The number of amides is 1. The normalized spacial score (nSPS) is 25.8. The predicted molar refractivity (Wildman–Crippen MR) is 56.8 cm³/mol. The topological polar surface area (TPSA) is 66.6 Å². The summed E-state index contributed by atoms with van der Waals surface area (Å²) >= 11 is 0. The van der Waals surface area contributed by atoms with Gasteiger partial charge in [-0.2, -0.15) is 0 Å². The Bertz CT molecular complexity index is 350.